The quantitative estimate of drug-likeness (QED) is 0.374. The molecule has 0 radical (unpaired) electrons. The molecule has 0 aliphatic rings. The highest BCUT2D eigenvalue weighted by atomic mass is 32.2. The Morgan fingerprint density at radius 2 is 1.82 bits per heavy atom. The van der Waals surface area contributed by atoms with Gasteiger partial charge >= 0.3 is 0 Å². The molecule has 0 unspecified atom stereocenters. The Morgan fingerprint density at radius 1 is 1.14 bits per heavy atom. The Bertz CT molecular complexity index is 644. The lowest BCUT2D eigenvalue weighted by atomic mass is 10.3. The van der Waals surface area contributed by atoms with Crippen molar-refractivity contribution in [3.05, 3.63) is 52.6 Å². The zero-order valence-electron chi connectivity index (χ0n) is 12.4. The number of nitro groups is 1. The van der Waals surface area contributed by atoms with Gasteiger partial charge in [0.2, 0.25) is 0 Å². The van der Waals surface area contributed by atoms with Crippen molar-refractivity contribution < 1.29 is 9.66 Å². The minimum atomic E-state index is -0.352. The SMILES string of the molecule is CCCSc1cc(Oc2ccc(SC)cc2)ccc1[N+](=O)[O-]. The van der Waals surface area contributed by atoms with Gasteiger partial charge in [0.15, 0.2) is 0 Å². The average molecular weight is 335 g/mol. The van der Waals surface area contributed by atoms with Gasteiger partial charge in [-0.15, -0.1) is 23.5 Å². The van der Waals surface area contributed by atoms with Crippen LogP contribution in [0.5, 0.6) is 11.5 Å². The second kappa shape index (κ2) is 8.10. The van der Waals surface area contributed by atoms with Gasteiger partial charge in [-0.05, 0) is 48.8 Å². The highest BCUT2D eigenvalue weighted by molar-refractivity contribution is 7.99. The third-order valence-corrected chi connectivity index (χ3v) is 4.88. The number of benzene rings is 2. The number of ether oxygens (including phenoxy) is 1. The summed E-state index contributed by atoms with van der Waals surface area (Å²) in [5.41, 5.74) is 0.128. The molecule has 2 aromatic rings. The second-order valence-corrected chi connectivity index (χ2v) is 6.53. The van der Waals surface area contributed by atoms with Gasteiger partial charge in [-0.1, -0.05) is 6.92 Å². The van der Waals surface area contributed by atoms with E-state index < -0.39 is 0 Å². The number of nitro benzene ring substituents is 1. The Morgan fingerprint density at radius 3 is 2.41 bits per heavy atom. The van der Waals surface area contributed by atoms with E-state index in [1.165, 1.54) is 17.8 Å². The predicted molar refractivity (Wildman–Crippen MR) is 92.4 cm³/mol. The lowest BCUT2D eigenvalue weighted by Gasteiger charge is -2.08. The third-order valence-electron chi connectivity index (χ3n) is 2.88. The molecule has 0 aliphatic carbocycles. The fourth-order valence-corrected chi connectivity index (χ4v) is 3.14. The van der Waals surface area contributed by atoms with Gasteiger partial charge in [-0.2, -0.15) is 0 Å². The molecule has 0 aliphatic heterocycles. The molecule has 0 saturated carbocycles. The van der Waals surface area contributed by atoms with Gasteiger partial charge in [0.25, 0.3) is 5.69 Å². The highest BCUT2D eigenvalue weighted by Crippen LogP contribution is 2.34. The summed E-state index contributed by atoms with van der Waals surface area (Å²) in [7, 11) is 0. The van der Waals surface area contributed by atoms with Crippen molar-refractivity contribution in [1.82, 2.24) is 0 Å². The lowest BCUT2D eigenvalue weighted by Crippen LogP contribution is -1.93. The number of hydrogen-bond acceptors (Lipinski definition) is 5. The van der Waals surface area contributed by atoms with Crippen LogP contribution >= 0.6 is 23.5 Å². The summed E-state index contributed by atoms with van der Waals surface area (Å²) in [5.74, 6) is 2.17. The van der Waals surface area contributed by atoms with Gasteiger partial charge < -0.3 is 4.74 Å². The molecule has 0 N–H and O–H groups in total. The van der Waals surface area contributed by atoms with Crippen LogP contribution in [0.4, 0.5) is 5.69 Å². The van der Waals surface area contributed by atoms with Crippen molar-refractivity contribution in [2.45, 2.75) is 23.1 Å². The Hall–Kier alpha value is -1.66. The molecule has 2 aromatic carbocycles. The molecule has 0 spiro atoms. The number of rotatable bonds is 7. The maximum Gasteiger partial charge on any atom is 0.283 e. The zero-order chi connectivity index (χ0) is 15.9. The monoisotopic (exact) mass is 335 g/mol. The molecule has 116 valence electrons. The summed E-state index contributed by atoms with van der Waals surface area (Å²) in [6, 6.07) is 12.6. The normalized spacial score (nSPS) is 10.5. The molecule has 0 aromatic heterocycles. The molecule has 2 rings (SSSR count). The van der Waals surface area contributed by atoms with Gasteiger partial charge in [0.05, 0.1) is 9.82 Å². The number of hydrogen-bond donors (Lipinski definition) is 0. The van der Waals surface area contributed by atoms with Crippen LogP contribution in [-0.2, 0) is 0 Å². The fourth-order valence-electron chi connectivity index (χ4n) is 1.82. The molecule has 0 amide bonds. The first-order valence-corrected chi connectivity index (χ1v) is 9.08. The highest BCUT2D eigenvalue weighted by Gasteiger charge is 2.15. The molecule has 6 heteroatoms. The lowest BCUT2D eigenvalue weighted by molar-refractivity contribution is -0.387. The van der Waals surface area contributed by atoms with E-state index in [9.17, 15) is 10.1 Å². The van der Waals surface area contributed by atoms with Gasteiger partial charge in [-0.25, -0.2) is 0 Å². The van der Waals surface area contributed by atoms with Crippen LogP contribution in [0.25, 0.3) is 0 Å². The molecule has 22 heavy (non-hydrogen) atoms. The van der Waals surface area contributed by atoms with Crippen molar-refractivity contribution >= 4 is 29.2 Å². The van der Waals surface area contributed by atoms with E-state index in [1.807, 2.05) is 37.4 Å². The smallest absolute Gasteiger partial charge is 0.283 e. The molecule has 4 nitrogen and oxygen atoms in total. The van der Waals surface area contributed by atoms with Crippen molar-refractivity contribution in [2.75, 3.05) is 12.0 Å². The van der Waals surface area contributed by atoms with Crippen molar-refractivity contribution in [3.63, 3.8) is 0 Å². The van der Waals surface area contributed by atoms with Gasteiger partial charge in [0, 0.05) is 17.0 Å². The summed E-state index contributed by atoms with van der Waals surface area (Å²) in [5, 5.41) is 11.1. The van der Waals surface area contributed by atoms with E-state index in [4.69, 9.17) is 4.74 Å². The topological polar surface area (TPSA) is 52.4 Å². The van der Waals surface area contributed by atoms with E-state index in [-0.39, 0.29) is 10.6 Å². The molecular formula is C16H17NO3S2. The Labute approximate surface area is 138 Å². The van der Waals surface area contributed by atoms with Crippen LogP contribution in [0, 0.1) is 10.1 Å². The van der Waals surface area contributed by atoms with Crippen molar-refractivity contribution in [1.29, 1.82) is 0 Å². The van der Waals surface area contributed by atoms with E-state index in [0.717, 1.165) is 22.8 Å². The van der Waals surface area contributed by atoms with Gasteiger partial charge in [0.1, 0.15) is 11.5 Å². The van der Waals surface area contributed by atoms with E-state index in [2.05, 4.69) is 0 Å². The van der Waals surface area contributed by atoms with E-state index in [0.29, 0.717) is 10.6 Å². The molecule has 0 atom stereocenters. The standard InChI is InChI=1S/C16H17NO3S2/c1-3-10-22-16-11-13(6-9-15(16)17(18)19)20-12-4-7-14(21-2)8-5-12/h4-9,11H,3,10H2,1-2H3. The van der Waals surface area contributed by atoms with Gasteiger partial charge in [-0.3, -0.25) is 10.1 Å². The first-order chi connectivity index (χ1) is 10.6. The summed E-state index contributed by atoms with van der Waals surface area (Å²) >= 11 is 3.15. The van der Waals surface area contributed by atoms with Crippen LogP contribution in [0.15, 0.2) is 52.3 Å². The second-order valence-electron chi connectivity index (χ2n) is 4.51. The van der Waals surface area contributed by atoms with Crippen LogP contribution in [0.3, 0.4) is 0 Å². The Balaban J connectivity index is 2.21. The van der Waals surface area contributed by atoms with Crippen molar-refractivity contribution in [2.24, 2.45) is 0 Å². The molecule has 0 saturated heterocycles. The first kappa shape index (κ1) is 16.7. The maximum atomic E-state index is 11.1. The van der Waals surface area contributed by atoms with Crippen LogP contribution in [0.2, 0.25) is 0 Å². The Kier molecular flexibility index (Phi) is 6.15. The summed E-state index contributed by atoms with van der Waals surface area (Å²) in [4.78, 5) is 12.5. The maximum absolute atomic E-state index is 11.1. The van der Waals surface area contributed by atoms with Crippen LogP contribution in [0.1, 0.15) is 13.3 Å². The summed E-state index contributed by atoms with van der Waals surface area (Å²) in [6.45, 7) is 2.05. The minimum absolute atomic E-state index is 0.128. The van der Waals surface area contributed by atoms with Crippen molar-refractivity contribution in [3.8, 4) is 11.5 Å². The number of thioether (sulfide) groups is 2. The molecular weight excluding hydrogens is 318 g/mol. The van der Waals surface area contributed by atoms with E-state index in [1.54, 1.807) is 23.9 Å². The predicted octanol–water partition coefficient (Wildman–Crippen LogP) is 5.61. The van der Waals surface area contributed by atoms with Crippen LogP contribution in [-0.4, -0.2) is 16.9 Å². The molecule has 0 bridgehead atoms. The van der Waals surface area contributed by atoms with Crippen LogP contribution < -0.4 is 4.74 Å². The largest absolute Gasteiger partial charge is 0.457 e. The molecule has 0 heterocycles. The molecule has 0 fully saturated rings. The first-order valence-electron chi connectivity index (χ1n) is 6.87. The minimum Gasteiger partial charge on any atom is -0.457 e. The summed E-state index contributed by atoms with van der Waals surface area (Å²) in [6.07, 6.45) is 2.98. The average Bonchev–Trinajstić information content (AvgIpc) is 2.53. The zero-order valence-corrected chi connectivity index (χ0v) is 14.1. The summed E-state index contributed by atoms with van der Waals surface area (Å²) < 4.78 is 5.79. The fraction of sp³-hybridized carbons (Fsp3) is 0.250. The van der Waals surface area contributed by atoms with E-state index >= 15 is 0 Å². The number of nitrogens with zero attached hydrogens (tertiary/aromatic N) is 1. The third kappa shape index (κ3) is 4.42.